The molecule has 1 fully saturated rings. The second-order valence-electron chi connectivity index (χ2n) is 3.28. The first kappa shape index (κ1) is 10.0. The molecule has 1 heterocycles. The van der Waals surface area contributed by atoms with Crippen LogP contribution in [0, 0.1) is 0 Å². The van der Waals surface area contributed by atoms with E-state index in [-0.39, 0.29) is 0 Å². The van der Waals surface area contributed by atoms with Crippen LogP contribution in [-0.4, -0.2) is 37.7 Å². The third-order valence-electron chi connectivity index (χ3n) is 2.24. The predicted octanol–water partition coefficient (Wildman–Crippen LogP) is 1.85. The Kier molecular flexibility index (Phi) is 4.06. The Balaban J connectivity index is 2.29. The standard InChI is InChI=1S/C9H16ClNO/c1-8(10)7-11(2)9-3-5-12-6-4-9/h9H,1,3-7H2,2H3. The van der Waals surface area contributed by atoms with Gasteiger partial charge in [0.15, 0.2) is 0 Å². The highest BCUT2D eigenvalue weighted by Gasteiger charge is 2.17. The Morgan fingerprint density at radius 2 is 2.17 bits per heavy atom. The van der Waals surface area contributed by atoms with E-state index in [4.69, 9.17) is 16.3 Å². The van der Waals surface area contributed by atoms with E-state index in [9.17, 15) is 0 Å². The molecule has 0 bridgehead atoms. The van der Waals surface area contributed by atoms with Crippen molar-refractivity contribution >= 4 is 11.6 Å². The van der Waals surface area contributed by atoms with Crippen LogP contribution in [0.1, 0.15) is 12.8 Å². The normalized spacial score (nSPS) is 19.9. The summed E-state index contributed by atoms with van der Waals surface area (Å²) in [5.41, 5.74) is 0. The summed E-state index contributed by atoms with van der Waals surface area (Å²) in [7, 11) is 2.09. The van der Waals surface area contributed by atoms with Gasteiger partial charge < -0.3 is 4.74 Å². The quantitative estimate of drug-likeness (QED) is 0.672. The van der Waals surface area contributed by atoms with Crippen LogP contribution in [-0.2, 0) is 4.74 Å². The topological polar surface area (TPSA) is 12.5 Å². The van der Waals surface area contributed by atoms with Crippen LogP contribution in [0.2, 0.25) is 0 Å². The van der Waals surface area contributed by atoms with Gasteiger partial charge in [0, 0.05) is 30.8 Å². The van der Waals surface area contributed by atoms with E-state index in [0.717, 1.165) is 32.6 Å². The average molecular weight is 190 g/mol. The molecule has 0 unspecified atom stereocenters. The van der Waals surface area contributed by atoms with Crippen molar-refractivity contribution < 1.29 is 4.74 Å². The molecule has 2 nitrogen and oxygen atoms in total. The molecule has 0 aromatic rings. The van der Waals surface area contributed by atoms with Crippen molar-refractivity contribution in [1.82, 2.24) is 4.90 Å². The third kappa shape index (κ3) is 3.13. The van der Waals surface area contributed by atoms with E-state index in [1.54, 1.807) is 0 Å². The molecule has 3 heteroatoms. The fourth-order valence-corrected chi connectivity index (χ4v) is 1.71. The van der Waals surface area contributed by atoms with Crippen molar-refractivity contribution in [2.24, 2.45) is 0 Å². The minimum Gasteiger partial charge on any atom is -0.381 e. The molecular formula is C9H16ClNO. The smallest absolute Gasteiger partial charge is 0.0480 e. The van der Waals surface area contributed by atoms with Gasteiger partial charge in [-0.05, 0) is 19.9 Å². The molecule has 12 heavy (non-hydrogen) atoms. The summed E-state index contributed by atoms with van der Waals surface area (Å²) in [4.78, 5) is 2.25. The average Bonchev–Trinajstić information content (AvgIpc) is 2.05. The Hall–Kier alpha value is -0.0500. The second-order valence-corrected chi connectivity index (χ2v) is 3.81. The van der Waals surface area contributed by atoms with Gasteiger partial charge in [0.25, 0.3) is 0 Å². The lowest BCUT2D eigenvalue weighted by atomic mass is 10.1. The van der Waals surface area contributed by atoms with Crippen molar-refractivity contribution in [2.45, 2.75) is 18.9 Å². The number of halogens is 1. The van der Waals surface area contributed by atoms with E-state index in [1.807, 2.05) is 0 Å². The van der Waals surface area contributed by atoms with Crippen LogP contribution in [0.4, 0.5) is 0 Å². The lowest BCUT2D eigenvalue weighted by Gasteiger charge is -2.30. The Bertz CT molecular complexity index is 155. The van der Waals surface area contributed by atoms with Gasteiger partial charge in [-0.25, -0.2) is 0 Å². The molecule has 1 rings (SSSR count). The van der Waals surface area contributed by atoms with Crippen molar-refractivity contribution in [2.75, 3.05) is 26.8 Å². The summed E-state index contributed by atoms with van der Waals surface area (Å²) in [5, 5.41) is 0.712. The Labute approximate surface area is 79.1 Å². The predicted molar refractivity (Wildman–Crippen MR) is 51.5 cm³/mol. The van der Waals surface area contributed by atoms with Gasteiger partial charge in [-0.15, -0.1) is 0 Å². The summed E-state index contributed by atoms with van der Waals surface area (Å²) in [6.07, 6.45) is 2.22. The van der Waals surface area contributed by atoms with Crippen molar-refractivity contribution in [3.63, 3.8) is 0 Å². The highest BCUT2D eigenvalue weighted by atomic mass is 35.5. The fraction of sp³-hybridized carbons (Fsp3) is 0.778. The van der Waals surface area contributed by atoms with Gasteiger partial charge >= 0.3 is 0 Å². The highest BCUT2D eigenvalue weighted by molar-refractivity contribution is 6.29. The van der Waals surface area contributed by atoms with Crippen molar-refractivity contribution in [1.29, 1.82) is 0 Å². The maximum Gasteiger partial charge on any atom is 0.0480 e. The van der Waals surface area contributed by atoms with Crippen LogP contribution in [0.3, 0.4) is 0 Å². The number of likely N-dealkylation sites (N-methyl/N-ethyl adjacent to an activating group) is 1. The molecule has 1 aliphatic rings. The molecule has 0 radical (unpaired) electrons. The monoisotopic (exact) mass is 189 g/mol. The van der Waals surface area contributed by atoms with Crippen LogP contribution in [0.25, 0.3) is 0 Å². The maximum atomic E-state index is 5.72. The first-order chi connectivity index (χ1) is 5.70. The fourth-order valence-electron chi connectivity index (χ4n) is 1.53. The zero-order valence-electron chi connectivity index (χ0n) is 7.55. The summed E-state index contributed by atoms with van der Waals surface area (Å²) >= 11 is 5.72. The van der Waals surface area contributed by atoms with Gasteiger partial charge in [-0.3, -0.25) is 4.90 Å². The van der Waals surface area contributed by atoms with Crippen molar-refractivity contribution in [3.8, 4) is 0 Å². The number of nitrogens with zero attached hydrogens (tertiary/aromatic N) is 1. The number of hydrogen-bond donors (Lipinski definition) is 0. The van der Waals surface area contributed by atoms with Crippen LogP contribution < -0.4 is 0 Å². The van der Waals surface area contributed by atoms with E-state index < -0.39 is 0 Å². The van der Waals surface area contributed by atoms with Crippen LogP contribution in [0.15, 0.2) is 11.6 Å². The first-order valence-electron chi connectivity index (χ1n) is 4.31. The van der Waals surface area contributed by atoms with Gasteiger partial charge in [-0.1, -0.05) is 18.2 Å². The van der Waals surface area contributed by atoms with Gasteiger partial charge in [0.2, 0.25) is 0 Å². The van der Waals surface area contributed by atoms with E-state index in [0.29, 0.717) is 11.1 Å². The molecule has 0 aliphatic carbocycles. The summed E-state index contributed by atoms with van der Waals surface area (Å²) in [6, 6.07) is 0.620. The molecule has 1 saturated heterocycles. The molecule has 0 aromatic carbocycles. The molecule has 0 aromatic heterocycles. The maximum absolute atomic E-state index is 5.72. The summed E-state index contributed by atoms with van der Waals surface area (Å²) in [5.74, 6) is 0. The molecule has 0 atom stereocenters. The second kappa shape index (κ2) is 4.85. The third-order valence-corrected chi connectivity index (χ3v) is 2.35. The molecule has 0 saturated carbocycles. The van der Waals surface area contributed by atoms with E-state index in [2.05, 4.69) is 18.5 Å². The largest absolute Gasteiger partial charge is 0.381 e. The van der Waals surface area contributed by atoms with Crippen molar-refractivity contribution in [3.05, 3.63) is 11.6 Å². The molecule has 70 valence electrons. The lowest BCUT2D eigenvalue weighted by Crippen LogP contribution is -2.37. The molecule has 0 amide bonds. The zero-order valence-corrected chi connectivity index (χ0v) is 8.31. The molecule has 1 aliphatic heterocycles. The van der Waals surface area contributed by atoms with Gasteiger partial charge in [-0.2, -0.15) is 0 Å². The minimum absolute atomic E-state index is 0.620. The van der Waals surface area contributed by atoms with Crippen LogP contribution >= 0.6 is 11.6 Å². The molecule has 0 spiro atoms. The first-order valence-corrected chi connectivity index (χ1v) is 4.69. The Morgan fingerprint density at radius 3 is 2.67 bits per heavy atom. The number of hydrogen-bond acceptors (Lipinski definition) is 2. The SMILES string of the molecule is C=C(Cl)CN(C)C1CCOCC1. The molecular weight excluding hydrogens is 174 g/mol. The Morgan fingerprint density at radius 1 is 1.58 bits per heavy atom. The number of ether oxygens (including phenoxy) is 1. The molecule has 0 N–H and O–H groups in total. The highest BCUT2D eigenvalue weighted by Crippen LogP contribution is 2.14. The minimum atomic E-state index is 0.620. The van der Waals surface area contributed by atoms with E-state index in [1.165, 1.54) is 0 Å². The van der Waals surface area contributed by atoms with Gasteiger partial charge in [0.1, 0.15) is 0 Å². The van der Waals surface area contributed by atoms with Crippen LogP contribution in [0.5, 0.6) is 0 Å². The lowest BCUT2D eigenvalue weighted by molar-refractivity contribution is 0.0463. The van der Waals surface area contributed by atoms with E-state index >= 15 is 0 Å². The summed E-state index contributed by atoms with van der Waals surface area (Å²) in [6.45, 7) is 6.22. The summed E-state index contributed by atoms with van der Waals surface area (Å²) < 4.78 is 5.27. The zero-order chi connectivity index (χ0) is 8.97. The number of rotatable bonds is 3. The van der Waals surface area contributed by atoms with Gasteiger partial charge in [0.05, 0.1) is 0 Å².